The quantitative estimate of drug-likeness (QED) is 0.257. The van der Waals surface area contributed by atoms with Gasteiger partial charge in [-0.25, -0.2) is 5.01 Å². The summed E-state index contributed by atoms with van der Waals surface area (Å²) in [6, 6.07) is 10.1. The Kier molecular flexibility index (Phi) is 4.72. The molecule has 1 aromatic rings. The lowest BCUT2D eigenvalue weighted by molar-refractivity contribution is 0.361. The van der Waals surface area contributed by atoms with Crippen molar-refractivity contribution in [3.63, 3.8) is 0 Å². The van der Waals surface area contributed by atoms with Gasteiger partial charge in [0.15, 0.2) is 5.17 Å². The molecule has 0 unspecified atom stereocenters. The summed E-state index contributed by atoms with van der Waals surface area (Å²) in [5.74, 6) is 0. The summed E-state index contributed by atoms with van der Waals surface area (Å²) in [5, 5.41) is 16.5. The molecule has 1 saturated heterocycles. The van der Waals surface area contributed by atoms with Crippen molar-refractivity contribution in [2.45, 2.75) is 23.8 Å². The summed E-state index contributed by atoms with van der Waals surface area (Å²) in [5.41, 5.74) is 7.19. The van der Waals surface area contributed by atoms with E-state index in [0.29, 0.717) is 17.8 Å². The minimum atomic E-state index is 0.296. The van der Waals surface area contributed by atoms with Crippen LogP contribution in [0.5, 0.6) is 0 Å². The van der Waals surface area contributed by atoms with Gasteiger partial charge in [0.1, 0.15) is 0 Å². The lowest BCUT2D eigenvalue weighted by atomic mass is 10.2. The van der Waals surface area contributed by atoms with E-state index in [-0.39, 0.29) is 0 Å². The fourth-order valence-electron chi connectivity index (χ4n) is 1.94. The summed E-state index contributed by atoms with van der Waals surface area (Å²) in [6.07, 6.45) is 2.25. The molecular weight excluding hydrogens is 246 g/mol. The van der Waals surface area contributed by atoms with E-state index < -0.39 is 0 Å². The molecule has 2 rings (SSSR count). The summed E-state index contributed by atoms with van der Waals surface area (Å²) >= 11 is 1.33. The molecule has 1 aromatic carbocycles. The van der Waals surface area contributed by atoms with Gasteiger partial charge in [-0.2, -0.15) is 5.53 Å². The molecule has 5 nitrogen and oxygen atoms in total. The molecule has 0 spiro atoms. The maximum atomic E-state index is 7.99. The third kappa shape index (κ3) is 3.54. The predicted molar refractivity (Wildman–Crippen MR) is 72.9 cm³/mol. The topological polar surface area (TPSA) is 75.3 Å². The minimum Gasteiger partial charge on any atom is -0.312 e. The van der Waals surface area contributed by atoms with Gasteiger partial charge in [-0.15, -0.1) is 0 Å². The average molecular weight is 263 g/mol. The molecule has 0 aromatic heterocycles. The van der Waals surface area contributed by atoms with Crippen molar-refractivity contribution in [3.8, 4) is 0 Å². The molecule has 1 aliphatic heterocycles. The number of benzene rings is 1. The third-order valence-corrected chi connectivity index (χ3v) is 3.78. The molecule has 1 aliphatic rings. The van der Waals surface area contributed by atoms with Gasteiger partial charge in [0.25, 0.3) is 0 Å². The fourth-order valence-corrected chi connectivity index (χ4v) is 2.68. The Morgan fingerprint density at radius 2 is 2.22 bits per heavy atom. The molecule has 0 aliphatic carbocycles. The van der Waals surface area contributed by atoms with Crippen molar-refractivity contribution < 1.29 is 0 Å². The highest BCUT2D eigenvalue weighted by atomic mass is 32.2. The minimum absolute atomic E-state index is 0.296. The molecule has 18 heavy (non-hydrogen) atoms. The summed E-state index contributed by atoms with van der Waals surface area (Å²) < 4.78 is 0. The molecule has 0 radical (unpaired) electrons. The predicted octanol–water partition coefficient (Wildman–Crippen LogP) is 2.71. The molecular formula is C12H17N5S. The van der Waals surface area contributed by atoms with E-state index in [1.54, 1.807) is 0 Å². The van der Waals surface area contributed by atoms with Crippen molar-refractivity contribution in [1.29, 1.82) is 10.9 Å². The van der Waals surface area contributed by atoms with E-state index in [1.807, 2.05) is 30.3 Å². The monoisotopic (exact) mass is 263 g/mol. The smallest absolute Gasteiger partial charge is 0.183 e. The summed E-state index contributed by atoms with van der Waals surface area (Å²) in [6.45, 7) is 1.62. The van der Waals surface area contributed by atoms with Gasteiger partial charge in [-0.1, -0.05) is 35.2 Å². The Bertz CT molecular complexity index is 402. The van der Waals surface area contributed by atoms with Gasteiger partial charge in [-0.05, 0) is 31.5 Å². The van der Waals surface area contributed by atoms with E-state index >= 15 is 0 Å². The van der Waals surface area contributed by atoms with E-state index in [9.17, 15) is 0 Å². The van der Waals surface area contributed by atoms with Crippen LogP contribution in [0.2, 0.25) is 0 Å². The van der Waals surface area contributed by atoms with Gasteiger partial charge < -0.3 is 5.32 Å². The number of nitrogens with one attached hydrogen (secondary N) is 3. The van der Waals surface area contributed by atoms with Gasteiger partial charge >= 0.3 is 0 Å². The molecule has 3 N–H and O–H groups in total. The van der Waals surface area contributed by atoms with Crippen molar-refractivity contribution in [1.82, 2.24) is 10.3 Å². The van der Waals surface area contributed by atoms with Gasteiger partial charge in [0, 0.05) is 10.9 Å². The Hall–Kier alpha value is -1.40. The fraction of sp³-hybridized carbons (Fsp3) is 0.417. The largest absolute Gasteiger partial charge is 0.312 e. The standard InChI is InChI=1S/C12H17N5S/c13-12(18-11-6-2-1-3-7-11)17(16-14)9-10-5-4-8-15-10/h1-3,6-7,10,13-15H,4-5,8-9H2/t10-/m0/s1. The van der Waals surface area contributed by atoms with Gasteiger partial charge in [0.2, 0.25) is 0 Å². The van der Waals surface area contributed by atoms with Crippen molar-refractivity contribution in [2.75, 3.05) is 13.1 Å². The first-order valence-corrected chi connectivity index (χ1v) is 6.81. The SMILES string of the molecule is N=NN(C[C@@H]1CCCN1)C(=N)Sc1ccccc1. The lowest BCUT2D eigenvalue weighted by Gasteiger charge is -2.20. The number of hydrogen-bond donors (Lipinski definition) is 3. The van der Waals surface area contributed by atoms with Crippen LogP contribution in [0.15, 0.2) is 40.5 Å². The Morgan fingerprint density at radius 3 is 2.83 bits per heavy atom. The number of amidine groups is 1. The average Bonchev–Trinajstić information content (AvgIpc) is 2.90. The van der Waals surface area contributed by atoms with E-state index in [0.717, 1.165) is 24.3 Å². The van der Waals surface area contributed by atoms with Gasteiger partial charge in [-0.3, -0.25) is 5.41 Å². The maximum Gasteiger partial charge on any atom is 0.183 e. The zero-order valence-electron chi connectivity index (χ0n) is 10.1. The molecule has 0 saturated carbocycles. The Balaban J connectivity index is 1.90. The second kappa shape index (κ2) is 6.51. The first kappa shape index (κ1) is 13.0. The third-order valence-electron chi connectivity index (χ3n) is 2.87. The normalized spacial score (nSPS) is 18.6. The van der Waals surface area contributed by atoms with Crippen LogP contribution in [-0.4, -0.2) is 29.3 Å². The van der Waals surface area contributed by atoms with Crippen molar-refractivity contribution >= 4 is 16.9 Å². The number of rotatable bonds is 4. The molecule has 1 heterocycles. The molecule has 6 heteroatoms. The maximum absolute atomic E-state index is 7.99. The summed E-state index contributed by atoms with van der Waals surface area (Å²) in [7, 11) is 0. The highest BCUT2D eigenvalue weighted by Crippen LogP contribution is 2.21. The number of hydrogen-bond acceptors (Lipinski definition) is 5. The van der Waals surface area contributed by atoms with Gasteiger partial charge in [0.05, 0.1) is 6.54 Å². The zero-order valence-corrected chi connectivity index (χ0v) is 10.9. The first-order chi connectivity index (χ1) is 8.79. The van der Waals surface area contributed by atoms with Crippen molar-refractivity contribution in [2.24, 2.45) is 5.22 Å². The van der Waals surface area contributed by atoms with Crippen LogP contribution >= 0.6 is 11.8 Å². The summed E-state index contributed by atoms with van der Waals surface area (Å²) in [4.78, 5) is 0.996. The van der Waals surface area contributed by atoms with Crippen LogP contribution in [0.1, 0.15) is 12.8 Å². The molecule has 96 valence electrons. The van der Waals surface area contributed by atoms with Crippen LogP contribution in [0.3, 0.4) is 0 Å². The molecule has 0 amide bonds. The highest BCUT2D eigenvalue weighted by molar-refractivity contribution is 8.13. The van der Waals surface area contributed by atoms with Crippen LogP contribution in [0.25, 0.3) is 0 Å². The van der Waals surface area contributed by atoms with E-state index in [1.165, 1.54) is 16.8 Å². The molecule has 1 fully saturated rings. The van der Waals surface area contributed by atoms with Crippen LogP contribution < -0.4 is 5.32 Å². The van der Waals surface area contributed by atoms with Crippen LogP contribution in [0.4, 0.5) is 0 Å². The zero-order chi connectivity index (χ0) is 12.8. The van der Waals surface area contributed by atoms with Crippen LogP contribution in [-0.2, 0) is 0 Å². The Morgan fingerprint density at radius 1 is 1.44 bits per heavy atom. The number of thioether (sulfide) groups is 1. The second-order valence-electron chi connectivity index (χ2n) is 4.20. The van der Waals surface area contributed by atoms with E-state index in [4.69, 9.17) is 10.9 Å². The first-order valence-electron chi connectivity index (χ1n) is 5.99. The molecule has 0 bridgehead atoms. The van der Waals surface area contributed by atoms with Crippen molar-refractivity contribution in [3.05, 3.63) is 30.3 Å². The van der Waals surface area contributed by atoms with Crippen LogP contribution in [0, 0.1) is 10.9 Å². The number of nitrogens with zero attached hydrogens (tertiary/aromatic N) is 2. The second-order valence-corrected chi connectivity index (χ2v) is 5.26. The highest BCUT2D eigenvalue weighted by Gasteiger charge is 2.20. The molecule has 1 atom stereocenters. The lowest BCUT2D eigenvalue weighted by Crippen LogP contribution is -2.36. The Labute approximate surface area is 111 Å². The van der Waals surface area contributed by atoms with E-state index in [2.05, 4.69) is 10.5 Å².